The maximum atomic E-state index is 11.7. The van der Waals surface area contributed by atoms with Crippen molar-refractivity contribution in [1.82, 2.24) is 5.32 Å². The van der Waals surface area contributed by atoms with Crippen molar-refractivity contribution < 1.29 is 18.5 Å². The maximum Gasteiger partial charge on any atom is 0.323 e. The second kappa shape index (κ2) is 5.25. The molecule has 0 aromatic heterocycles. The van der Waals surface area contributed by atoms with Crippen LogP contribution in [0.3, 0.4) is 0 Å². The largest absolute Gasteiger partial charge is 0.468 e. The zero-order valence-electron chi connectivity index (χ0n) is 9.31. The van der Waals surface area contributed by atoms with Gasteiger partial charge in [-0.1, -0.05) is 0 Å². The Hall–Kier alpha value is -0.460. The van der Waals surface area contributed by atoms with Crippen molar-refractivity contribution in [2.24, 2.45) is 5.92 Å². The fourth-order valence-electron chi connectivity index (χ4n) is 2.23. The van der Waals surface area contributed by atoms with Gasteiger partial charge in [-0.05, 0) is 6.42 Å². The number of carbonyl (C=O) groups excluding carboxylic acids is 1. The fourth-order valence-corrected chi connectivity index (χ4v) is 3.74. The fraction of sp³-hybridized carbons (Fsp3) is 0.900. The number of ether oxygens (including phenoxy) is 2. The number of hydrogen-bond acceptors (Lipinski definition) is 5. The molecule has 1 N–H and O–H groups in total. The zero-order chi connectivity index (χ0) is 11.5. The van der Waals surface area contributed by atoms with E-state index >= 15 is 0 Å². The Morgan fingerprint density at radius 2 is 2.31 bits per heavy atom. The van der Waals surface area contributed by atoms with Crippen LogP contribution in [0.4, 0.5) is 0 Å². The lowest BCUT2D eigenvalue weighted by atomic mass is 9.99. The number of nitrogens with one attached hydrogen (secondary N) is 1. The molecule has 5 nitrogen and oxygen atoms in total. The first-order valence-corrected chi connectivity index (χ1v) is 6.96. The summed E-state index contributed by atoms with van der Waals surface area (Å²) in [4.78, 5) is 11.4. The number of rotatable bonds is 2. The second-order valence-electron chi connectivity index (χ2n) is 4.25. The average molecular weight is 247 g/mol. The van der Waals surface area contributed by atoms with E-state index in [1.807, 2.05) is 0 Å². The quantitative estimate of drug-likeness (QED) is 0.653. The smallest absolute Gasteiger partial charge is 0.323 e. The maximum absolute atomic E-state index is 11.7. The Balaban J connectivity index is 1.98. The third kappa shape index (κ3) is 2.61. The van der Waals surface area contributed by atoms with Crippen LogP contribution in [-0.4, -0.2) is 54.1 Å². The van der Waals surface area contributed by atoms with E-state index in [0.717, 1.165) is 13.0 Å². The highest BCUT2D eigenvalue weighted by atomic mass is 32.2. The number of methoxy groups -OCH3 is 1. The van der Waals surface area contributed by atoms with Crippen molar-refractivity contribution >= 4 is 16.8 Å². The molecule has 92 valence electrons. The summed E-state index contributed by atoms with van der Waals surface area (Å²) < 4.78 is 21.7. The molecular weight excluding hydrogens is 230 g/mol. The molecule has 2 fully saturated rings. The van der Waals surface area contributed by atoms with Gasteiger partial charge in [0.1, 0.15) is 6.04 Å². The molecule has 2 rings (SSSR count). The summed E-state index contributed by atoms with van der Waals surface area (Å²) in [6.07, 6.45) is 0.975. The van der Waals surface area contributed by atoms with E-state index in [1.54, 1.807) is 0 Å². The lowest BCUT2D eigenvalue weighted by Gasteiger charge is -2.32. The minimum Gasteiger partial charge on any atom is -0.468 e. The molecular formula is C10H17NO4S. The summed E-state index contributed by atoms with van der Waals surface area (Å²) in [7, 11) is 0.419. The highest BCUT2D eigenvalue weighted by molar-refractivity contribution is 7.85. The minimum absolute atomic E-state index is 0.112. The first kappa shape index (κ1) is 12.0. The van der Waals surface area contributed by atoms with E-state index in [4.69, 9.17) is 4.74 Å². The Labute approximate surface area is 97.3 Å². The number of hydrogen-bond donors (Lipinski definition) is 1. The van der Waals surface area contributed by atoms with Gasteiger partial charge in [0, 0.05) is 40.9 Å². The molecule has 16 heavy (non-hydrogen) atoms. The van der Waals surface area contributed by atoms with Crippen LogP contribution < -0.4 is 5.32 Å². The molecule has 4 atom stereocenters. The molecule has 0 radical (unpaired) electrons. The van der Waals surface area contributed by atoms with Gasteiger partial charge in [-0.25, -0.2) is 0 Å². The first-order chi connectivity index (χ1) is 7.70. The topological polar surface area (TPSA) is 64.6 Å². The lowest BCUT2D eigenvalue weighted by molar-refractivity contribution is -0.142. The molecule has 4 unspecified atom stereocenters. The Bertz CT molecular complexity index is 291. The third-order valence-electron chi connectivity index (χ3n) is 3.15. The van der Waals surface area contributed by atoms with Crippen molar-refractivity contribution in [1.29, 1.82) is 0 Å². The van der Waals surface area contributed by atoms with Crippen LogP contribution >= 0.6 is 0 Å². The zero-order valence-corrected chi connectivity index (χ0v) is 10.1. The van der Waals surface area contributed by atoms with Crippen LogP contribution in [0.15, 0.2) is 0 Å². The summed E-state index contributed by atoms with van der Waals surface area (Å²) in [6.45, 7) is 1.46. The minimum atomic E-state index is -0.937. The number of esters is 1. The molecule has 0 spiro atoms. The molecule has 2 aliphatic heterocycles. The molecule has 0 aromatic carbocycles. The summed E-state index contributed by atoms with van der Waals surface area (Å²) in [5, 5.41) is 3.23. The Kier molecular flexibility index (Phi) is 3.94. The molecule has 6 heteroatoms. The monoisotopic (exact) mass is 247 g/mol. The summed E-state index contributed by atoms with van der Waals surface area (Å²) >= 11 is 0. The van der Waals surface area contributed by atoms with Gasteiger partial charge in [-0.2, -0.15) is 0 Å². The molecule has 2 aliphatic rings. The van der Waals surface area contributed by atoms with Gasteiger partial charge in [0.2, 0.25) is 0 Å². The molecule has 0 aromatic rings. The van der Waals surface area contributed by atoms with Crippen LogP contribution in [0.1, 0.15) is 6.42 Å². The summed E-state index contributed by atoms with van der Waals surface area (Å²) in [6, 6.07) is -0.314. The van der Waals surface area contributed by atoms with Crippen molar-refractivity contribution in [3.63, 3.8) is 0 Å². The Morgan fingerprint density at radius 3 is 2.94 bits per heavy atom. The van der Waals surface area contributed by atoms with Gasteiger partial charge in [-0.3, -0.25) is 14.3 Å². The van der Waals surface area contributed by atoms with Gasteiger partial charge < -0.3 is 9.47 Å². The van der Waals surface area contributed by atoms with Crippen molar-refractivity contribution in [2.45, 2.75) is 18.5 Å². The SMILES string of the molecule is COC(=O)C1CS(=O)CC(C2CCOC2)N1. The standard InChI is InChI=1S/C10H17NO4S/c1-14-10(12)9-6-16(13)5-8(11-9)7-2-3-15-4-7/h7-9,11H,2-6H2,1H3. The van der Waals surface area contributed by atoms with Crippen molar-refractivity contribution in [2.75, 3.05) is 31.8 Å². The van der Waals surface area contributed by atoms with E-state index in [9.17, 15) is 9.00 Å². The van der Waals surface area contributed by atoms with Gasteiger partial charge in [0.05, 0.1) is 13.7 Å². The molecule has 2 heterocycles. The Morgan fingerprint density at radius 1 is 1.50 bits per heavy atom. The van der Waals surface area contributed by atoms with Crippen LogP contribution in [0.5, 0.6) is 0 Å². The van der Waals surface area contributed by atoms with E-state index in [-0.39, 0.29) is 12.0 Å². The highest BCUT2D eigenvalue weighted by Crippen LogP contribution is 2.20. The molecule has 2 saturated heterocycles. The van der Waals surface area contributed by atoms with Gasteiger partial charge in [-0.15, -0.1) is 0 Å². The van der Waals surface area contributed by atoms with Crippen molar-refractivity contribution in [3.8, 4) is 0 Å². The number of carbonyl (C=O) groups is 1. The van der Waals surface area contributed by atoms with Crippen LogP contribution in [-0.2, 0) is 25.1 Å². The van der Waals surface area contributed by atoms with Gasteiger partial charge in [0.25, 0.3) is 0 Å². The highest BCUT2D eigenvalue weighted by Gasteiger charge is 2.36. The molecule has 0 aliphatic carbocycles. The first-order valence-electron chi connectivity index (χ1n) is 5.47. The van der Waals surface area contributed by atoms with Crippen LogP contribution in [0.2, 0.25) is 0 Å². The van der Waals surface area contributed by atoms with Gasteiger partial charge >= 0.3 is 5.97 Å². The van der Waals surface area contributed by atoms with Crippen molar-refractivity contribution in [3.05, 3.63) is 0 Å². The van der Waals surface area contributed by atoms with E-state index < -0.39 is 16.8 Å². The predicted octanol–water partition coefficient (Wildman–Crippen LogP) is -0.715. The summed E-state index contributed by atoms with van der Waals surface area (Å²) in [5.74, 6) is 1.02. The van der Waals surface area contributed by atoms with E-state index in [0.29, 0.717) is 24.0 Å². The lowest BCUT2D eigenvalue weighted by Crippen LogP contribution is -2.56. The van der Waals surface area contributed by atoms with Crippen LogP contribution in [0.25, 0.3) is 0 Å². The van der Waals surface area contributed by atoms with Crippen LogP contribution in [0, 0.1) is 5.92 Å². The molecule has 0 amide bonds. The normalized spacial score (nSPS) is 39.6. The summed E-state index contributed by atoms with van der Waals surface area (Å²) in [5.41, 5.74) is 0. The van der Waals surface area contributed by atoms with Gasteiger partial charge in [0.15, 0.2) is 0 Å². The second-order valence-corrected chi connectivity index (χ2v) is 5.79. The molecule has 0 saturated carbocycles. The van der Waals surface area contributed by atoms with E-state index in [2.05, 4.69) is 10.1 Å². The predicted molar refractivity (Wildman–Crippen MR) is 59.5 cm³/mol. The third-order valence-corrected chi connectivity index (χ3v) is 4.59. The van der Waals surface area contributed by atoms with E-state index in [1.165, 1.54) is 7.11 Å². The average Bonchev–Trinajstić information content (AvgIpc) is 2.80. The molecule has 0 bridgehead atoms.